The zero-order valence-corrected chi connectivity index (χ0v) is 18.1. The van der Waals surface area contributed by atoms with Crippen molar-refractivity contribution >= 4 is 10.0 Å². The van der Waals surface area contributed by atoms with Crippen LogP contribution < -0.4 is 0 Å². The van der Waals surface area contributed by atoms with Crippen LogP contribution in [0.5, 0.6) is 0 Å². The van der Waals surface area contributed by atoms with E-state index >= 15 is 0 Å². The van der Waals surface area contributed by atoms with Gasteiger partial charge < -0.3 is 4.42 Å². The van der Waals surface area contributed by atoms with Crippen molar-refractivity contribution in [3.8, 4) is 0 Å². The van der Waals surface area contributed by atoms with E-state index in [1.807, 2.05) is 0 Å². The van der Waals surface area contributed by atoms with Crippen LogP contribution in [0.15, 0.2) is 28.7 Å². The lowest BCUT2D eigenvalue weighted by Gasteiger charge is -2.31. The summed E-state index contributed by atoms with van der Waals surface area (Å²) in [5.41, 5.74) is 2.71. The molecule has 0 saturated carbocycles. The summed E-state index contributed by atoms with van der Waals surface area (Å²) in [7, 11) is -3.28. The van der Waals surface area contributed by atoms with Crippen LogP contribution in [0.1, 0.15) is 67.0 Å². The lowest BCUT2D eigenvalue weighted by Crippen LogP contribution is -2.37. The molecule has 29 heavy (non-hydrogen) atoms. The van der Waals surface area contributed by atoms with Gasteiger partial charge >= 0.3 is 0 Å². The highest BCUT2D eigenvalue weighted by molar-refractivity contribution is 7.88. The summed E-state index contributed by atoms with van der Waals surface area (Å²) in [5, 5.41) is 8.54. The fourth-order valence-electron chi connectivity index (χ4n) is 4.46. The SMILES string of the molecule is Cc1ccccc1CN1CCC(c2nnc([C@@H]3CCCCN3S(C)(=O)=O)o2)CC1. The minimum Gasteiger partial charge on any atom is -0.423 e. The van der Waals surface area contributed by atoms with Crippen molar-refractivity contribution in [3.05, 3.63) is 47.2 Å². The molecule has 7 nitrogen and oxygen atoms in total. The smallest absolute Gasteiger partial charge is 0.234 e. The molecule has 2 saturated heterocycles. The van der Waals surface area contributed by atoms with Gasteiger partial charge in [-0.3, -0.25) is 4.90 Å². The molecule has 2 aliphatic rings. The predicted molar refractivity (Wildman–Crippen MR) is 111 cm³/mol. The van der Waals surface area contributed by atoms with Crippen LogP contribution in [0.3, 0.4) is 0 Å². The van der Waals surface area contributed by atoms with Crippen molar-refractivity contribution in [3.63, 3.8) is 0 Å². The van der Waals surface area contributed by atoms with Gasteiger partial charge in [0.05, 0.1) is 6.26 Å². The van der Waals surface area contributed by atoms with Gasteiger partial charge in [-0.2, -0.15) is 4.31 Å². The molecule has 0 bridgehead atoms. The zero-order valence-electron chi connectivity index (χ0n) is 17.2. The lowest BCUT2D eigenvalue weighted by molar-refractivity contribution is 0.183. The molecule has 0 aliphatic carbocycles. The summed E-state index contributed by atoms with van der Waals surface area (Å²) in [6.07, 6.45) is 5.81. The summed E-state index contributed by atoms with van der Waals surface area (Å²) >= 11 is 0. The van der Waals surface area contributed by atoms with E-state index in [1.54, 1.807) is 0 Å². The van der Waals surface area contributed by atoms with Gasteiger partial charge in [-0.05, 0) is 56.8 Å². The van der Waals surface area contributed by atoms with Gasteiger partial charge in [0, 0.05) is 19.0 Å². The first kappa shape index (κ1) is 20.5. The third kappa shape index (κ3) is 4.70. The Morgan fingerprint density at radius 3 is 2.48 bits per heavy atom. The summed E-state index contributed by atoms with van der Waals surface area (Å²) in [4.78, 5) is 2.47. The average molecular weight is 419 g/mol. The molecule has 0 unspecified atom stereocenters. The van der Waals surface area contributed by atoms with Crippen LogP contribution in [0, 0.1) is 6.92 Å². The van der Waals surface area contributed by atoms with Crippen molar-refractivity contribution < 1.29 is 12.8 Å². The topological polar surface area (TPSA) is 79.5 Å². The van der Waals surface area contributed by atoms with Gasteiger partial charge in [-0.1, -0.05) is 30.7 Å². The number of likely N-dealkylation sites (tertiary alicyclic amines) is 1. The van der Waals surface area contributed by atoms with Crippen LogP contribution in [0.25, 0.3) is 0 Å². The molecule has 158 valence electrons. The number of rotatable bonds is 5. The second-order valence-corrected chi connectivity index (χ2v) is 10.3. The second kappa shape index (κ2) is 8.53. The van der Waals surface area contributed by atoms with Crippen molar-refractivity contribution in [2.75, 3.05) is 25.9 Å². The van der Waals surface area contributed by atoms with E-state index in [1.165, 1.54) is 21.7 Å². The molecule has 0 N–H and O–H groups in total. The average Bonchev–Trinajstić information content (AvgIpc) is 3.20. The van der Waals surface area contributed by atoms with E-state index in [9.17, 15) is 8.42 Å². The standard InChI is InChI=1S/C21H30N4O3S/c1-16-7-3-4-8-18(16)15-24-13-10-17(11-14-24)20-22-23-21(28-20)19-9-5-6-12-25(19)29(2,26)27/h3-4,7-8,17,19H,5-6,9-15H2,1-2H3/t19-/m0/s1. The quantitative estimate of drug-likeness (QED) is 0.742. The monoisotopic (exact) mass is 418 g/mol. The molecule has 0 spiro atoms. The van der Waals surface area contributed by atoms with Gasteiger partial charge in [-0.25, -0.2) is 8.42 Å². The van der Waals surface area contributed by atoms with Crippen LogP contribution in [-0.2, 0) is 16.6 Å². The molecule has 2 aromatic rings. The van der Waals surface area contributed by atoms with E-state index in [0.29, 0.717) is 18.3 Å². The Morgan fingerprint density at radius 1 is 1.03 bits per heavy atom. The molecule has 3 heterocycles. The zero-order chi connectivity index (χ0) is 20.4. The second-order valence-electron chi connectivity index (χ2n) is 8.34. The van der Waals surface area contributed by atoms with Crippen molar-refractivity contribution in [1.29, 1.82) is 0 Å². The number of aromatic nitrogens is 2. The Labute approximate surface area is 173 Å². The maximum Gasteiger partial charge on any atom is 0.234 e. The lowest BCUT2D eigenvalue weighted by atomic mass is 9.96. The van der Waals surface area contributed by atoms with Crippen LogP contribution >= 0.6 is 0 Å². The number of sulfonamides is 1. The largest absolute Gasteiger partial charge is 0.423 e. The van der Waals surface area contributed by atoms with E-state index in [-0.39, 0.29) is 12.0 Å². The van der Waals surface area contributed by atoms with Crippen molar-refractivity contribution in [1.82, 2.24) is 19.4 Å². The molecule has 1 aromatic heterocycles. The first-order chi connectivity index (χ1) is 13.9. The number of aryl methyl sites for hydroxylation is 1. The van der Waals surface area contributed by atoms with Crippen LogP contribution in [0.4, 0.5) is 0 Å². The molecule has 1 aromatic carbocycles. The number of hydrogen-bond acceptors (Lipinski definition) is 6. The Morgan fingerprint density at radius 2 is 1.76 bits per heavy atom. The number of hydrogen-bond donors (Lipinski definition) is 0. The maximum atomic E-state index is 12.1. The predicted octanol–water partition coefficient (Wildman–Crippen LogP) is 3.24. The molecule has 0 radical (unpaired) electrons. The highest BCUT2D eigenvalue weighted by Crippen LogP contribution is 2.34. The highest BCUT2D eigenvalue weighted by Gasteiger charge is 2.35. The summed E-state index contributed by atoms with van der Waals surface area (Å²) in [5.74, 6) is 1.36. The normalized spacial score (nSPS) is 22.8. The highest BCUT2D eigenvalue weighted by atomic mass is 32.2. The molecule has 2 aliphatic heterocycles. The summed E-state index contributed by atoms with van der Waals surface area (Å²) in [6, 6.07) is 8.22. The summed E-state index contributed by atoms with van der Waals surface area (Å²) in [6.45, 7) is 5.65. The van der Waals surface area contributed by atoms with Gasteiger partial charge in [0.2, 0.25) is 21.8 Å². The van der Waals surface area contributed by atoms with Gasteiger partial charge in [0.1, 0.15) is 6.04 Å². The fourth-order valence-corrected chi connectivity index (χ4v) is 5.58. The van der Waals surface area contributed by atoms with E-state index < -0.39 is 10.0 Å². The van der Waals surface area contributed by atoms with E-state index in [0.717, 1.165) is 51.7 Å². The van der Waals surface area contributed by atoms with Gasteiger partial charge in [0.25, 0.3) is 0 Å². The minimum atomic E-state index is -3.28. The third-order valence-corrected chi connectivity index (χ3v) is 7.50. The summed E-state index contributed by atoms with van der Waals surface area (Å²) < 4.78 is 31.8. The third-order valence-electron chi connectivity index (χ3n) is 6.21. The van der Waals surface area contributed by atoms with Crippen molar-refractivity contribution in [2.24, 2.45) is 0 Å². The van der Waals surface area contributed by atoms with Crippen molar-refractivity contribution in [2.45, 2.75) is 57.5 Å². The van der Waals surface area contributed by atoms with Crippen LogP contribution in [-0.4, -0.2) is 53.7 Å². The molecule has 0 amide bonds. The Hall–Kier alpha value is -1.77. The Kier molecular flexibility index (Phi) is 6.03. The molecular formula is C21H30N4O3S. The number of piperidine rings is 2. The minimum absolute atomic E-state index is 0.250. The van der Waals surface area contributed by atoms with Gasteiger partial charge in [-0.15, -0.1) is 10.2 Å². The number of nitrogens with zero attached hydrogens (tertiary/aromatic N) is 4. The molecular weight excluding hydrogens is 388 g/mol. The van der Waals surface area contributed by atoms with Gasteiger partial charge in [0.15, 0.2) is 0 Å². The Bertz CT molecular complexity index is 935. The maximum absolute atomic E-state index is 12.1. The number of benzene rings is 1. The van der Waals surface area contributed by atoms with Crippen LogP contribution in [0.2, 0.25) is 0 Å². The molecule has 2 fully saturated rings. The molecule has 8 heteroatoms. The fraction of sp³-hybridized carbons (Fsp3) is 0.619. The Balaban J connectivity index is 1.39. The molecule has 1 atom stereocenters. The van der Waals surface area contributed by atoms with E-state index in [2.05, 4.69) is 46.3 Å². The molecule has 4 rings (SSSR count). The first-order valence-electron chi connectivity index (χ1n) is 10.5. The van der Waals surface area contributed by atoms with E-state index in [4.69, 9.17) is 4.42 Å². The first-order valence-corrected chi connectivity index (χ1v) is 12.3.